The van der Waals surface area contributed by atoms with Crippen molar-refractivity contribution >= 4 is 17.2 Å². The zero-order chi connectivity index (χ0) is 14.5. The first-order valence-electron chi connectivity index (χ1n) is 6.28. The number of amides is 1. The van der Waals surface area contributed by atoms with Crippen molar-refractivity contribution in [2.75, 3.05) is 6.54 Å². The van der Waals surface area contributed by atoms with Gasteiger partial charge in [0.1, 0.15) is 10.8 Å². The van der Waals surface area contributed by atoms with Crippen molar-refractivity contribution in [3.63, 3.8) is 0 Å². The number of thiazole rings is 1. The topological polar surface area (TPSA) is 68.0 Å². The van der Waals surface area contributed by atoms with Gasteiger partial charge in [-0.15, -0.1) is 11.3 Å². The Bertz CT molecular complexity index is 600. The number of hydrogen-bond acceptors (Lipinski definition) is 4. The fourth-order valence-electron chi connectivity index (χ4n) is 1.69. The van der Waals surface area contributed by atoms with E-state index in [1.54, 1.807) is 12.1 Å². The Balaban J connectivity index is 2.04. The van der Waals surface area contributed by atoms with E-state index in [0.29, 0.717) is 17.2 Å². The maximum absolute atomic E-state index is 13.2. The number of carbonyl (C=O) groups is 1. The Labute approximate surface area is 120 Å². The largest absolute Gasteiger partial charge is 0.352 e. The molecule has 1 atom stereocenters. The van der Waals surface area contributed by atoms with E-state index in [4.69, 9.17) is 5.73 Å². The molecule has 1 amide bonds. The zero-order valence-corrected chi connectivity index (χ0v) is 11.9. The molecule has 0 aliphatic heterocycles. The predicted octanol–water partition coefficient (Wildman–Crippen LogP) is 1.96. The SMILES string of the molecule is C[C@@H](CN)NC(=O)Cc1csc(-c2cccc(F)c2)n1. The Hall–Kier alpha value is -1.79. The van der Waals surface area contributed by atoms with Crippen LogP contribution in [0.2, 0.25) is 0 Å². The lowest BCUT2D eigenvalue weighted by atomic mass is 10.2. The number of nitrogens with two attached hydrogens (primary N) is 1. The van der Waals surface area contributed by atoms with Crippen molar-refractivity contribution in [3.05, 3.63) is 41.2 Å². The molecule has 1 aromatic carbocycles. The lowest BCUT2D eigenvalue weighted by Crippen LogP contribution is -2.38. The smallest absolute Gasteiger partial charge is 0.226 e. The van der Waals surface area contributed by atoms with E-state index in [0.717, 1.165) is 5.56 Å². The third-order valence-electron chi connectivity index (χ3n) is 2.73. The van der Waals surface area contributed by atoms with Crippen LogP contribution in [0.15, 0.2) is 29.6 Å². The third-order valence-corrected chi connectivity index (χ3v) is 3.67. The molecule has 0 radical (unpaired) electrons. The van der Waals surface area contributed by atoms with E-state index >= 15 is 0 Å². The maximum Gasteiger partial charge on any atom is 0.226 e. The second-order valence-corrected chi connectivity index (χ2v) is 5.39. The molecular weight excluding hydrogens is 277 g/mol. The van der Waals surface area contributed by atoms with Gasteiger partial charge in [0.15, 0.2) is 0 Å². The van der Waals surface area contributed by atoms with Crippen molar-refractivity contribution in [2.24, 2.45) is 5.73 Å². The molecule has 6 heteroatoms. The maximum atomic E-state index is 13.2. The van der Waals surface area contributed by atoms with Gasteiger partial charge in [0.05, 0.1) is 12.1 Å². The summed E-state index contributed by atoms with van der Waals surface area (Å²) in [6, 6.07) is 6.20. The average Bonchev–Trinajstić information content (AvgIpc) is 2.87. The standard InChI is InChI=1S/C14H16FN3OS/c1-9(7-16)17-13(19)6-12-8-20-14(18-12)10-3-2-4-11(15)5-10/h2-5,8-9H,6-7,16H2,1H3,(H,17,19)/t9-/m0/s1. The Morgan fingerprint density at radius 3 is 3.05 bits per heavy atom. The van der Waals surface area contributed by atoms with Crippen LogP contribution in [-0.2, 0) is 11.2 Å². The molecule has 0 aliphatic carbocycles. The van der Waals surface area contributed by atoms with Crippen LogP contribution in [-0.4, -0.2) is 23.5 Å². The molecule has 0 aliphatic rings. The van der Waals surface area contributed by atoms with Crippen LogP contribution in [0.4, 0.5) is 4.39 Å². The fourth-order valence-corrected chi connectivity index (χ4v) is 2.51. The fraction of sp³-hybridized carbons (Fsp3) is 0.286. The minimum Gasteiger partial charge on any atom is -0.352 e. The number of halogens is 1. The molecule has 1 aromatic heterocycles. The zero-order valence-electron chi connectivity index (χ0n) is 11.1. The summed E-state index contributed by atoms with van der Waals surface area (Å²) in [6.45, 7) is 2.24. The van der Waals surface area contributed by atoms with Crippen molar-refractivity contribution in [1.82, 2.24) is 10.3 Å². The number of benzene rings is 1. The second-order valence-electron chi connectivity index (χ2n) is 4.54. The first-order chi connectivity index (χ1) is 9.58. The molecule has 2 aromatic rings. The van der Waals surface area contributed by atoms with Crippen molar-refractivity contribution < 1.29 is 9.18 Å². The Morgan fingerprint density at radius 2 is 2.35 bits per heavy atom. The first-order valence-corrected chi connectivity index (χ1v) is 7.16. The van der Waals surface area contributed by atoms with Gasteiger partial charge >= 0.3 is 0 Å². The highest BCUT2D eigenvalue weighted by molar-refractivity contribution is 7.13. The second kappa shape index (κ2) is 6.58. The molecule has 2 rings (SSSR count). The van der Waals surface area contributed by atoms with Crippen LogP contribution >= 0.6 is 11.3 Å². The highest BCUT2D eigenvalue weighted by Crippen LogP contribution is 2.24. The van der Waals surface area contributed by atoms with E-state index < -0.39 is 0 Å². The number of nitrogens with zero attached hydrogens (tertiary/aromatic N) is 1. The summed E-state index contributed by atoms with van der Waals surface area (Å²) in [7, 11) is 0. The van der Waals surface area contributed by atoms with Crippen LogP contribution in [0.1, 0.15) is 12.6 Å². The van der Waals surface area contributed by atoms with E-state index in [2.05, 4.69) is 10.3 Å². The van der Waals surface area contributed by atoms with E-state index in [1.165, 1.54) is 23.5 Å². The highest BCUT2D eigenvalue weighted by atomic mass is 32.1. The number of hydrogen-bond donors (Lipinski definition) is 2. The summed E-state index contributed by atoms with van der Waals surface area (Å²) in [4.78, 5) is 16.1. The average molecular weight is 293 g/mol. The Morgan fingerprint density at radius 1 is 1.55 bits per heavy atom. The molecule has 0 unspecified atom stereocenters. The lowest BCUT2D eigenvalue weighted by molar-refractivity contribution is -0.121. The number of nitrogens with one attached hydrogen (secondary N) is 1. The van der Waals surface area contributed by atoms with Crippen LogP contribution in [0, 0.1) is 5.82 Å². The van der Waals surface area contributed by atoms with Crippen LogP contribution in [0.3, 0.4) is 0 Å². The Kier molecular flexibility index (Phi) is 4.81. The molecule has 20 heavy (non-hydrogen) atoms. The van der Waals surface area contributed by atoms with Crippen LogP contribution in [0.25, 0.3) is 10.6 Å². The van der Waals surface area contributed by atoms with Gasteiger partial charge in [0.25, 0.3) is 0 Å². The molecule has 106 valence electrons. The molecule has 0 fully saturated rings. The quantitative estimate of drug-likeness (QED) is 0.885. The number of carbonyl (C=O) groups excluding carboxylic acids is 1. The van der Waals surface area contributed by atoms with Gasteiger partial charge in [-0.1, -0.05) is 12.1 Å². The normalized spacial score (nSPS) is 12.2. The van der Waals surface area contributed by atoms with Crippen molar-refractivity contribution in [2.45, 2.75) is 19.4 Å². The van der Waals surface area contributed by atoms with E-state index in [9.17, 15) is 9.18 Å². The molecule has 0 saturated heterocycles. The first kappa shape index (κ1) is 14.6. The third kappa shape index (κ3) is 3.85. The van der Waals surface area contributed by atoms with E-state index in [1.807, 2.05) is 12.3 Å². The molecule has 4 nitrogen and oxygen atoms in total. The molecular formula is C14H16FN3OS. The van der Waals surface area contributed by atoms with Gasteiger partial charge in [-0.25, -0.2) is 9.37 Å². The summed E-state index contributed by atoms with van der Waals surface area (Å²) >= 11 is 1.40. The lowest BCUT2D eigenvalue weighted by Gasteiger charge is -2.09. The monoisotopic (exact) mass is 293 g/mol. The predicted molar refractivity (Wildman–Crippen MR) is 77.9 cm³/mol. The molecule has 0 saturated carbocycles. The molecule has 3 N–H and O–H groups in total. The van der Waals surface area contributed by atoms with Gasteiger partial charge in [-0.3, -0.25) is 4.79 Å². The van der Waals surface area contributed by atoms with Crippen molar-refractivity contribution in [1.29, 1.82) is 0 Å². The molecule has 1 heterocycles. The number of rotatable bonds is 5. The van der Waals surface area contributed by atoms with Gasteiger partial charge in [-0.2, -0.15) is 0 Å². The molecule has 0 bridgehead atoms. The molecule has 0 spiro atoms. The highest BCUT2D eigenvalue weighted by Gasteiger charge is 2.11. The van der Waals surface area contributed by atoms with Gasteiger partial charge in [-0.05, 0) is 19.1 Å². The number of aromatic nitrogens is 1. The minimum absolute atomic E-state index is 0.0520. The van der Waals surface area contributed by atoms with Crippen LogP contribution < -0.4 is 11.1 Å². The summed E-state index contributed by atoms with van der Waals surface area (Å²) in [5.41, 5.74) is 6.84. The minimum atomic E-state index is -0.297. The van der Waals surface area contributed by atoms with Crippen LogP contribution in [0.5, 0.6) is 0 Å². The summed E-state index contributed by atoms with van der Waals surface area (Å²) in [5, 5.41) is 5.30. The summed E-state index contributed by atoms with van der Waals surface area (Å²) in [6.07, 6.45) is 0.205. The van der Waals surface area contributed by atoms with Gasteiger partial charge in [0.2, 0.25) is 5.91 Å². The van der Waals surface area contributed by atoms with E-state index in [-0.39, 0.29) is 24.2 Å². The van der Waals surface area contributed by atoms with Gasteiger partial charge in [0, 0.05) is 23.5 Å². The van der Waals surface area contributed by atoms with Crippen molar-refractivity contribution in [3.8, 4) is 10.6 Å². The summed E-state index contributed by atoms with van der Waals surface area (Å²) in [5.74, 6) is -0.409. The summed E-state index contributed by atoms with van der Waals surface area (Å²) < 4.78 is 13.2. The van der Waals surface area contributed by atoms with Gasteiger partial charge < -0.3 is 11.1 Å².